The van der Waals surface area contributed by atoms with E-state index < -0.39 is 0 Å². The van der Waals surface area contributed by atoms with Crippen LogP contribution in [0.15, 0.2) is 48.8 Å². The van der Waals surface area contributed by atoms with Gasteiger partial charge in [-0.15, -0.1) is 11.3 Å². The molecule has 0 fully saturated rings. The fourth-order valence-electron chi connectivity index (χ4n) is 2.17. The van der Waals surface area contributed by atoms with Crippen LogP contribution in [-0.4, -0.2) is 17.1 Å². The van der Waals surface area contributed by atoms with Gasteiger partial charge in [0.25, 0.3) is 0 Å². The summed E-state index contributed by atoms with van der Waals surface area (Å²) < 4.78 is 5.47. The summed E-state index contributed by atoms with van der Waals surface area (Å²) in [4.78, 5) is 9.79. The number of methoxy groups -OCH3 is 1. The average molecular weight is 297 g/mol. The van der Waals surface area contributed by atoms with Crippen molar-refractivity contribution in [1.29, 1.82) is 0 Å². The van der Waals surface area contributed by atoms with Gasteiger partial charge in [-0.25, -0.2) is 4.98 Å². The van der Waals surface area contributed by atoms with Gasteiger partial charge in [-0.05, 0) is 24.3 Å². The molecule has 0 aliphatic rings. The van der Waals surface area contributed by atoms with Crippen LogP contribution in [0.4, 0.5) is 0 Å². The molecule has 0 atom stereocenters. The van der Waals surface area contributed by atoms with Gasteiger partial charge in [0.2, 0.25) is 0 Å². The Balaban J connectivity index is 2.20. The van der Waals surface area contributed by atoms with E-state index in [1.807, 2.05) is 36.4 Å². The van der Waals surface area contributed by atoms with Crippen LogP contribution in [0.25, 0.3) is 21.7 Å². The second kappa shape index (κ2) is 6.03. The summed E-state index contributed by atoms with van der Waals surface area (Å²) in [5, 5.41) is 0.905. The molecule has 2 aromatic heterocycles. The molecule has 3 rings (SSSR count). The lowest BCUT2D eigenvalue weighted by Gasteiger charge is -2.08. The number of para-hydroxylation sites is 1. The molecule has 0 saturated heterocycles. The number of benzene rings is 1. The van der Waals surface area contributed by atoms with Crippen molar-refractivity contribution in [1.82, 2.24) is 9.97 Å². The van der Waals surface area contributed by atoms with Crippen LogP contribution in [0.1, 0.15) is 5.01 Å². The molecule has 0 saturated carbocycles. The van der Waals surface area contributed by atoms with E-state index in [0.29, 0.717) is 6.54 Å². The van der Waals surface area contributed by atoms with E-state index >= 15 is 0 Å². The fraction of sp³-hybridized carbons (Fsp3) is 0.125. The van der Waals surface area contributed by atoms with Gasteiger partial charge >= 0.3 is 0 Å². The van der Waals surface area contributed by atoms with Crippen LogP contribution in [0.2, 0.25) is 0 Å². The number of thiazole rings is 1. The second-order valence-electron chi connectivity index (χ2n) is 4.43. The minimum Gasteiger partial charge on any atom is -0.496 e. The maximum atomic E-state index is 5.76. The predicted molar refractivity (Wildman–Crippen MR) is 85.2 cm³/mol. The van der Waals surface area contributed by atoms with Crippen LogP contribution in [0.5, 0.6) is 5.75 Å². The van der Waals surface area contributed by atoms with Gasteiger partial charge in [0, 0.05) is 30.1 Å². The van der Waals surface area contributed by atoms with Gasteiger partial charge in [-0.3, -0.25) is 4.98 Å². The zero-order valence-electron chi connectivity index (χ0n) is 11.6. The van der Waals surface area contributed by atoms with E-state index in [9.17, 15) is 0 Å². The highest BCUT2D eigenvalue weighted by Gasteiger charge is 2.17. The Bertz CT molecular complexity index is 740. The Kier molecular flexibility index (Phi) is 3.94. The Morgan fingerprint density at radius 2 is 1.90 bits per heavy atom. The molecular weight excluding hydrogens is 282 g/mol. The molecule has 2 N–H and O–H groups in total. The third kappa shape index (κ3) is 2.66. The van der Waals surface area contributed by atoms with Crippen molar-refractivity contribution in [3.63, 3.8) is 0 Å². The van der Waals surface area contributed by atoms with Crippen LogP contribution in [0, 0.1) is 0 Å². The molecule has 3 aromatic rings. The third-order valence-corrected chi connectivity index (χ3v) is 4.26. The van der Waals surface area contributed by atoms with Crippen molar-refractivity contribution in [2.75, 3.05) is 7.11 Å². The van der Waals surface area contributed by atoms with Crippen LogP contribution < -0.4 is 10.5 Å². The zero-order valence-corrected chi connectivity index (χ0v) is 12.4. The maximum absolute atomic E-state index is 5.76. The van der Waals surface area contributed by atoms with Gasteiger partial charge in [0.15, 0.2) is 0 Å². The van der Waals surface area contributed by atoms with Crippen molar-refractivity contribution >= 4 is 11.3 Å². The number of pyridine rings is 1. The lowest BCUT2D eigenvalue weighted by atomic mass is 10.1. The van der Waals surface area contributed by atoms with E-state index in [2.05, 4.69) is 9.97 Å². The normalized spacial score (nSPS) is 10.6. The summed E-state index contributed by atoms with van der Waals surface area (Å²) in [6.07, 6.45) is 3.53. The van der Waals surface area contributed by atoms with Crippen LogP contribution in [0.3, 0.4) is 0 Å². The predicted octanol–water partition coefficient (Wildman–Crippen LogP) is 3.34. The molecule has 0 spiro atoms. The van der Waals surface area contributed by atoms with Gasteiger partial charge in [0.1, 0.15) is 10.8 Å². The molecule has 2 heterocycles. The molecule has 0 bridgehead atoms. The first-order valence-electron chi connectivity index (χ1n) is 6.57. The number of hydrogen-bond donors (Lipinski definition) is 1. The summed E-state index contributed by atoms with van der Waals surface area (Å²) in [7, 11) is 1.68. The highest BCUT2D eigenvalue weighted by atomic mass is 32.1. The highest BCUT2D eigenvalue weighted by molar-refractivity contribution is 7.15. The highest BCUT2D eigenvalue weighted by Crippen LogP contribution is 2.40. The summed E-state index contributed by atoms with van der Waals surface area (Å²) in [6.45, 7) is 0.428. The van der Waals surface area contributed by atoms with E-state index in [1.54, 1.807) is 30.8 Å². The van der Waals surface area contributed by atoms with E-state index in [1.165, 1.54) is 0 Å². The number of rotatable bonds is 4. The number of nitrogens with two attached hydrogens (primary N) is 1. The molecule has 0 aliphatic heterocycles. The fourth-order valence-corrected chi connectivity index (χ4v) is 3.17. The SMILES string of the molecule is COc1ccccc1-c1sc(CN)nc1-c1ccncc1. The van der Waals surface area contributed by atoms with Crippen LogP contribution in [-0.2, 0) is 6.54 Å². The molecule has 4 nitrogen and oxygen atoms in total. The lowest BCUT2D eigenvalue weighted by molar-refractivity contribution is 0.416. The van der Waals surface area contributed by atoms with E-state index in [4.69, 9.17) is 10.5 Å². The van der Waals surface area contributed by atoms with Gasteiger partial charge < -0.3 is 10.5 Å². The molecule has 21 heavy (non-hydrogen) atoms. The molecular formula is C16H15N3OS. The van der Waals surface area contributed by atoms with E-state index in [-0.39, 0.29) is 0 Å². The maximum Gasteiger partial charge on any atom is 0.127 e. The number of ether oxygens (including phenoxy) is 1. The Morgan fingerprint density at radius 1 is 1.14 bits per heavy atom. The zero-order chi connectivity index (χ0) is 14.7. The lowest BCUT2D eigenvalue weighted by Crippen LogP contribution is -1.94. The van der Waals surface area contributed by atoms with Crippen molar-refractivity contribution < 1.29 is 4.74 Å². The summed E-state index contributed by atoms with van der Waals surface area (Å²) in [5.41, 5.74) is 8.75. The first-order valence-corrected chi connectivity index (χ1v) is 7.38. The molecule has 0 amide bonds. The molecule has 1 aromatic carbocycles. The topological polar surface area (TPSA) is 61.0 Å². The number of nitrogens with zero attached hydrogens (tertiary/aromatic N) is 2. The quantitative estimate of drug-likeness (QED) is 0.802. The minimum atomic E-state index is 0.428. The molecule has 0 aliphatic carbocycles. The second-order valence-corrected chi connectivity index (χ2v) is 5.51. The van der Waals surface area contributed by atoms with Crippen molar-refractivity contribution in [3.8, 4) is 27.4 Å². The Morgan fingerprint density at radius 3 is 2.62 bits per heavy atom. The third-order valence-electron chi connectivity index (χ3n) is 3.15. The summed E-state index contributed by atoms with van der Waals surface area (Å²) in [5.74, 6) is 0.833. The standard InChI is InChI=1S/C16H15N3OS/c1-20-13-5-3-2-4-12(13)16-15(19-14(10-17)21-16)11-6-8-18-9-7-11/h2-9H,10,17H2,1H3. The summed E-state index contributed by atoms with van der Waals surface area (Å²) >= 11 is 1.60. The smallest absolute Gasteiger partial charge is 0.127 e. The first-order chi connectivity index (χ1) is 10.3. The average Bonchev–Trinajstić information content (AvgIpc) is 3.00. The monoisotopic (exact) mass is 297 g/mol. The number of aromatic nitrogens is 2. The first kappa shape index (κ1) is 13.7. The van der Waals surface area contributed by atoms with Crippen LogP contribution >= 0.6 is 11.3 Å². The summed E-state index contributed by atoms with van der Waals surface area (Å²) in [6, 6.07) is 11.8. The van der Waals surface area contributed by atoms with Gasteiger partial charge in [-0.1, -0.05) is 12.1 Å². The number of hydrogen-bond acceptors (Lipinski definition) is 5. The van der Waals surface area contributed by atoms with Crippen molar-refractivity contribution in [3.05, 3.63) is 53.8 Å². The molecule has 5 heteroatoms. The largest absolute Gasteiger partial charge is 0.496 e. The molecule has 106 valence electrons. The van der Waals surface area contributed by atoms with Gasteiger partial charge in [0.05, 0.1) is 17.7 Å². The van der Waals surface area contributed by atoms with Crippen molar-refractivity contribution in [2.45, 2.75) is 6.54 Å². The van der Waals surface area contributed by atoms with Gasteiger partial charge in [-0.2, -0.15) is 0 Å². The minimum absolute atomic E-state index is 0.428. The Labute approximate surface area is 127 Å². The Hall–Kier alpha value is -2.24. The van der Waals surface area contributed by atoms with Crippen molar-refractivity contribution in [2.24, 2.45) is 5.73 Å². The van der Waals surface area contributed by atoms with E-state index in [0.717, 1.165) is 32.5 Å². The molecule has 0 radical (unpaired) electrons. The molecule has 0 unspecified atom stereocenters.